The molecule has 2 aromatic carbocycles. The molecule has 3 atom stereocenters. The number of fused-ring (bicyclic) bond motifs is 1. The van der Waals surface area contributed by atoms with Crippen molar-refractivity contribution in [3.63, 3.8) is 0 Å². The molecule has 164 valence electrons. The van der Waals surface area contributed by atoms with Crippen LogP contribution in [0.1, 0.15) is 40.0 Å². The number of carbonyl (C=O) groups is 1. The maximum Gasteiger partial charge on any atom is 0.348 e. The second-order valence-electron chi connectivity index (χ2n) is 9.32. The summed E-state index contributed by atoms with van der Waals surface area (Å²) >= 11 is 6.11. The third-order valence-electron chi connectivity index (χ3n) is 6.74. The molecule has 1 aliphatic carbocycles. The van der Waals surface area contributed by atoms with Gasteiger partial charge in [-0.05, 0) is 67.0 Å². The number of aryl methyl sites for hydroxylation is 1. The lowest BCUT2D eigenvalue weighted by atomic mass is 9.75. The Bertz CT molecular complexity index is 1070. The lowest BCUT2D eigenvalue weighted by molar-refractivity contribution is -0.634. The van der Waals surface area contributed by atoms with Crippen LogP contribution in [0.4, 0.5) is 0 Å². The molecule has 1 fully saturated rings. The quantitative estimate of drug-likeness (QED) is 0.372. The molecule has 0 amide bonds. The van der Waals surface area contributed by atoms with Crippen LogP contribution in [0.2, 0.25) is 5.02 Å². The monoisotopic (exact) mass is 439 g/mol. The minimum atomic E-state index is -0.165. The van der Waals surface area contributed by atoms with E-state index in [-0.39, 0.29) is 18.6 Å². The lowest BCUT2D eigenvalue weighted by Crippen LogP contribution is -2.37. The molecule has 0 aliphatic heterocycles. The van der Waals surface area contributed by atoms with Gasteiger partial charge in [-0.3, -0.25) is 0 Å². The van der Waals surface area contributed by atoms with Gasteiger partial charge >= 0.3 is 5.97 Å². The maximum absolute atomic E-state index is 13.2. The van der Waals surface area contributed by atoms with E-state index < -0.39 is 0 Å². The second-order valence-corrected chi connectivity index (χ2v) is 9.76. The minimum absolute atomic E-state index is 0.00538. The molecule has 31 heavy (non-hydrogen) atoms. The number of esters is 1. The van der Waals surface area contributed by atoms with Gasteiger partial charge in [0.1, 0.15) is 6.10 Å². The highest BCUT2D eigenvalue weighted by atomic mass is 35.5. The van der Waals surface area contributed by atoms with Crippen molar-refractivity contribution in [3.8, 4) is 11.4 Å². The van der Waals surface area contributed by atoms with Crippen LogP contribution in [0.5, 0.6) is 0 Å². The molecule has 4 rings (SSSR count). The first-order valence-corrected chi connectivity index (χ1v) is 11.7. The summed E-state index contributed by atoms with van der Waals surface area (Å²) in [6.45, 7) is 6.92. The van der Waals surface area contributed by atoms with Gasteiger partial charge < -0.3 is 4.74 Å². The molecule has 0 bridgehead atoms. The highest BCUT2D eigenvalue weighted by Gasteiger charge is 2.34. The molecule has 5 heteroatoms. The van der Waals surface area contributed by atoms with Crippen LogP contribution in [0, 0.1) is 17.8 Å². The van der Waals surface area contributed by atoms with Gasteiger partial charge in [-0.2, -0.15) is 0 Å². The topological polar surface area (TPSA) is 35.1 Å². The van der Waals surface area contributed by atoms with Gasteiger partial charge in [-0.1, -0.05) is 50.9 Å². The normalized spacial score (nSPS) is 21.5. The molecule has 3 aromatic rings. The Morgan fingerprint density at radius 3 is 2.58 bits per heavy atom. The lowest BCUT2D eigenvalue weighted by Gasteiger charge is -2.36. The Hall–Kier alpha value is -2.33. The van der Waals surface area contributed by atoms with E-state index in [0.29, 0.717) is 22.8 Å². The highest BCUT2D eigenvalue weighted by Crippen LogP contribution is 2.35. The smallest absolute Gasteiger partial charge is 0.348 e. The number of imidazole rings is 1. The van der Waals surface area contributed by atoms with Crippen LogP contribution < -0.4 is 4.57 Å². The zero-order chi connectivity index (χ0) is 22.1. The summed E-state index contributed by atoms with van der Waals surface area (Å²) in [5, 5.41) is 0.694. The fourth-order valence-corrected chi connectivity index (χ4v) is 5.21. The summed E-state index contributed by atoms with van der Waals surface area (Å²) < 4.78 is 10.3. The standard InChI is InChI=1S/C26H32ClN2O2/c1-17(2)21-14-9-18(3)15-24(21)31-25(30)16-29-23-8-6-5-7-22(23)28(4)26(29)19-10-12-20(27)13-11-19/h5-8,10-13,17-18,21,24H,9,14-16H2,1-4H3/q+1/t18-,21-,24-/m1/s1. The van der Waals surface area contributed by atoms with E-state index in [1.165, 1.54) is 6.42 Å². The Morgan fingerprint density at radius 1 is 1.16 bits per heavy atom. The molecular weight excluding hydrogens is 408 g/mol. The third kappa shape index (κ3) is 4.50. The predicted molar refractivity (Wildman–Crippen MR) is 125 cm³/mol. The van der Waals surface area contributed by atoms with Gasteiger partial charge in [0.15, 0.2) is 17.6 Å². The molecule has 0 N–H and O–H groups in total. The summed E-state index contributed by atoms with van der Waals surface area (Å²) in [5.74, 6) is 2.35. The van der Waals surface area contributed by atoms with Gasteiger partial charge in [0, 0.05) is 5.02 Å². The number of aromatic nitrogens is 2. The summed E-state index contributed by atoms with van der Waals surface area (Å²) in [6, 6.07) is 15.9. The van der Waals surface area contributed by atoms with Crippen LogP contribution in [-0.2, 0) is 23.1 Å². The van der Waals surface area contributed by atoms with Crippen LogP contribution in [-0.4, -0.2) is 16.6 Å². The van der Waals surface area contributed by atoms with Crippen molar-refractivity contribution in [1.82, 2.24) is 4.57 Å². The average molecular weight is 440 g/mol. The van der Waals surface area contributed by atoms with Crippen LogP contribution >= 0.6 is 11.6 Å². The van der Waals surface area contributed by atoms with Crippen molar-refractivity contribution in [1.29, 1.82) is 0 Å². The van der Waals surface area contributed by atoms with Crippen molar-refractivity contribution < 1.29 is 14.1 Å². The number of ether oxygens (including phenoxy) is 1. The van der Waals surface area contributed by atoms with Gasteiger partial charge in [-0.25, -0.2) is 13.9 Å². The van der Waals surface area contributed by atoms with Crippen molar-refractivity contribution in [2.24, 2.45) is 24.8 Å². The summed E-state index contributed by atoms with van der Waals surface area (Å²) in [7, 11) is 2.03. The van der Waals surface area contributed by atoms with Gasteiger partial charge in [0.25, 0.3) is 5.82 Å². The number of carbonyl (C=O) groups excluding carboxylic acids is 1. The minimum Gasteiger partial charge on any atom is -0.459 e. The average Bonchev–Trinajstić information content (AvgIpc) is 3.00. The van der Waals surface area contributed by atoms with E-state index in [2.05, 4.69) is 42.0 Å². The highest BCUT2D eigenvalue weighted by molar-refractivity contribution is 6.30. The largest absolute Gasteiger partial charge is 0.459 e. The summed E-state index contributed by atoms with van der Waals surface area (Å²) in [5.41, 5.74) is 3.11. The van der Waals surface area contributed by atoms with Gasteiger partial charge in [0.2, 0.25) is 0 Å². The SMILES string of the molecule is CC(C)[C@H]1CC[C@@H](C)C[C@H]1OC(=O)Cn1c(-c2ccc(Cl)cc2)[n+](C)c2ccccc21. The molecule has 0 unspecified atom stereocenters. The number of rotatable bonds is 5. The molecule has 0 radical (unpaired) electrons. The molecular formula is C26H32ClN2O2+. The van der Waals surface area contributed by atoms with Gasteiger partial charge in [0.05, 0.1) is 12.6 Å². The van der Waals surface area contributed by atoms with Crippen LogP contribution in [0.15, 0.2) is 48.5 Å². The van der Waals surface area contributed by atoms with Crippen molar-refractivity contribution in [3.05, 3.63) is 53.6 Å². The van der Waals surface area contributed by atoms with Crippen LogP contribution in [0.3, 0.4) is 0 Å². The second kappa shape index (κ2) is 9.04. The van der Waals surface area contributed by atoms with Crippen LogP contribution in [0.25, 0.3) is 22.4 Å². The Labute approximate surface area is 189 Å². The van der Waals surface area contributed by atoms with E-state index in [4.69, 9.17) is 16.3 Å². The Balaban J connectivity index is 1.67. The number of para-hydroxylation sites is 2. The van der Waals surface area contributed by atoms with Crippen molar-refractivity contribution in [2.45, 2.75) is 52.7 Å². The number of nitrogens with zero attached hydrogens (tertiary/aromatic N) is 2. The molecule has 1 aromatic heterocycles. The Kier molecular flexibility index (Phi) is 6.38. The zero-order valence-electron chi connectivity index (χ0n) is 18.8. The maximum atomic E-state index is 13.2. The van der Waals surface area contributed by atoms with Crippen molar-refractivity contribution in [2.75, 3.05) is 0 Å². The van der Waals surface area contributed by atoms with E-state index in [0.717, 1.165) is 35.3 Å². The van der Waals surface area contributed by atoms with E-state index >= 15 is 0 Å². The Morgan fingerprint density at radius 2 is 1.87 bits per heavy atom. The summed E-state index contributed by atoms with van der Waals surface area (Å²) in [4.78, 5) is 13.2. The zero-order valence-corrected chi connectivity index (χ0v) is 19.6. The first-order chi connectivity index (χ1) is 14.8. The van der Waals surface area contributed by atoms with E-state index in [9.17, 15) is 4.79 Å². The number of halogens is 1. The molecule has 0 spiro atoms. The molecule has 0 saturated heterocycles. The molecule has 4 nitrogen and oxygen atoms in total. The predicted octanol–water partition coefficient (Wildman–Crippen LogP) is 5.79. The van der Waals surface area contributed by atoms with Crippen molar-refractivity contribution >= 4 is 28.6 Å². The number of hydrogen-bond acceptors (Lipinski definition) is 2. The first kappa shape index (κ1) is 21.9. The fraction of sp³-hybridized carbons (Fsp3) is 0.462. The number of hydrogen-bond donors (Lipinski definition) is 0. The molecule has 1 heterocycles. The fourth-order valence-electron chi connectivity index (χ4n) is 5.08. The molecule has 1 saturated carbocycles. The molecule has 1 aliphatic rings. The van der Waals surface area contributed by atoms with E-state index in [1.54, 1.807) is 0 Å². The first-order valence-electron chi connectivity index (χ1n) is 11.3. The van der Waals surface area contributed by atoms with E-state index in [1.807, 2.05) is 43.4 Å². The summed E-state index contributed by atoms with van der Waals surface area (Å²) in [6.07, 6.45) is 3.31. The third-order valence-corrected chi connectivity index (χ3v) is 6.99. The number of benzene rings is 2. The van der Waals surface area contributed by atoms with Gasteiger partial charge in [-0.15, -0.1) is 0 Å².